The van der Waals surface area contributed by atoms with Crippen LogP contribution >= 0.6 is 11.6 Å². The Kier molecular flexibility index (Phi) is 2.01. The zero-order valence-electron chi connectivity index (χ0n) is 8.26. The summed E-state index contributed by atoms with van der Waals surface area (Å²) in [6.45, 7) is 0. The number of H-pyrrole nitrogens is 1. The van der Waals surface area contributed by atoms with Crippen molar-refractivity contribution in [3.05, 3.63) is 39.2 Å². The molecular formula is C11H8ClFN2O. The highest BCUT2D eigenvalue weighted by molar-refractivity contribution is 6.31. The van der Waals surface area contributed by atoms with Crippen LogP contribution in [0, 0.1) is 5.82 Å². The van der Waals surface area contributed by atoms with Crippen LogP contribution in [0.15, 0.2) is 16.9 Å². The molecule has 1 N–H and O–H groups in total. The first kappa shape index (κ1) is 9.78. The average Bonchev–Trinajstić information content (AvgIpc) is 3.02. The van der Waals surface area contributed by atoms with Gasteiger partial charge in [0.2, 0.25) is 0 Å². The highest BCUT2D eigenvalue weighted by Crippen LogP contribution is 2.38. The minimum absolute atomic E-state index is 0.107. The van der Waals surface area contributed by atoms with Gasteiger partial charge in [0.1, 0.15) is 11.3 Å². The van der Waals surface area contributed by atoms with Gasteiger partial charge in [0.15, 0.2) is 5.82 Å². The first-order valence-electron chi connectivity index (χ1n) is 5.04. The molecule has 1 aliphatic rings. The smallest absolute Gasteiger partial charge is 0.258 e. The van der Waals surface area contributed by atoms with Crippen molar-refractivity contribution in [1.29, 1.82) is 0 Å². The maximum Gasteiger partial charge on any atom is 0.258 e. The number of hydrogen-bond acceptors (Lipinski definition) is 2. The molecule has 0 unspecified atom stereocenters. The Hall–Kier alpha value is -1.42. The Morgan fingerprint density at radius 2 is 2.19 bits per heavy atom. The summed E-state index contributed by atoms with van der Waals surface area (Å²) in [6, 6.07) is 2.61. The molecule has 0 saturated heterocycles. The topological polar surface area (TPSA) is 45.8 Å². The fourth-order valence-electron chi connectivity index (χ4n) is 1.73. The quantitative estimate of drug-likeness (QED) is 0.830. The summed E-state index contributed by atoms with van der Waals surface area (Å²) in [5.74, 6) is 0.321. The molecule has 1 saturated carbocycles. The van der Waals surface area contributed by atoms with Crippen LogP contribution in [-0.2, 0) is 0 Å². The van der Waals surface area contributed by atoms with E-state index in [0.29, 0.717) is 5.82 Å². The average molecular weight is 239 g/mol. The Morgan fingerprint density at radius 3 is 2.88 bits per heavy atom. The minimum Gasteiger partial charge on any atom is -0.310 e. The molecule has 0 bridgehead atoms. The summed E-state index contributed by atoms with van der Waals surface area (Å²) in [6.07, 6.45) is 2.01. The van der Waals surface area contributed by atoms with E-state index in [4.69, 9.17) is 11.6 Å². The Morgan fingerprint density at radius 1 is 1.44 bits per heavy atom. The maximum atomic E-state index is 13.6. The Labute approximate surface area is 95.3 Å². The summed E-state index contributed by atoms with van der Waals surface area (Å²) in [4.78, 5) is 18.5. The number of fused-ring (bicyclic) bond motifs is 1. The number of aromatic amines is 1. The molecule has 0 amide bonds. The van der Waals surface area contributed by atoms with Crippen LogP contribution in [0.5, 0.6) is 0 Å². The highest BCUT2D eigenvalue weighted by atomic mass is 35.5. The van der Waals surface area contributed by atoms with E-state index in [1.807, 2.05) is 0 Å². The third-order valence-corrected chi connectivity index (χ3v) is 2.93. The van der Waals surface area contributed by atoms with Crippen LogP contribution in [0.2, 0.25) is 5.02 Å². The van der Waals surface area contributed by atoms with Gasteiger partial charge >= 0.3 is 0 Å². The number of hydrogen-bond donors (Lipinski definition) is 1. The van der Waals surface area contributed by atoms with Gasteiger partial charge in [0.05, 0.1) is 5.39 Å². The summed E-state index contributed by atoms with van der Waals surface area (Å²) < 4.78 is 13.6. The lowest BCUT2D eigenvalue weighted by Gasteiger charge is -2.02. The third kappa shape index (κ3) is 1.50. The van der Waals surface area contributed by atoms with Crippen LogP contribution in [0.3, 0.4) is 0 Å². The predicted octanol–water partition coefficient (Wildman–Crippen LogP) is 2.59. The molecule has 5 heteroatoms. The van der Waals surface area contributed by atoms with E-state index < -0.39 is 5.82 Å². The monoisotopic (exact) mass is 238 g/mol. The van der Waals surface area contributed by atoms with E-state index in [2.05, 4.69) is 9.97 Å². The molecule has 0 radical (unpaired) electrons. The molecule has 82 valence electrons. The molecular weight excluding hydrogens is 231 g/mol. The van der Waals surface area contributed by atoms with Crippen molar-refractivity contribution in [2.75, 3.05) is 0 Å². The predicted molar refractivity (Wildman–Crippen MR) is 59.3 cm³/mol. The van der Waals surface area contributed by atoms with Crippen molar-refractivity contribution in [3.8, 4) is 0 Å². The van der Waals surface area contributed by atoms with E-state index in [9.17, 15) is 9.18 Å². The Bertz CT molecular complexity index is 634. The molecule has 0 spiro atoms. The van der Waals surface area contributed by atoms with E-state index >= 15 is 0 Å². The van der Waals surface area contributed by atoms with Gasteiger partial charge in [-0.15, -0.1) is 0 Å². The van der Waals surface area contributed by atoms with Crippen molar-refractivity contribution in [2.45, 2.75) is 18.8 Å². The second kappa shape index (κ2) is 3.28. The number of aromatic nitrogens is 2. The number of rotatable bonds is 1. The molecule has 2 aromatic rings. The lowest BCUT2D eigenvalue weighted by Crippen LogP contribution is -2.12. The van der Waals surface area contributed by atoms with Crippen LogP contribution < -0.4 is 5.56 Å². The number of nitrogens with zero attached hydrogens (tertiary/aromatic N) is 1. The van der Waals surface area contributed by atoms with Gasteiger partial charge in [-0.25, -0.2) is 9.37 Å². The van der Waals surface area contributed by atoms with Gasteiger partial charge in [0.25, 0.3) is 5.56 Å². The molecule has 1 heterocycles. The number of benzene rings is 1. The van der Waals surface area contributed by atoms with E-state index in [-0.39, 0.29) is 27.4 Å². The highest BCUT2D eigenvalue weighted by Gasteiger charge is 2.27. The lowest BCUT2D eigenvalue weighted by molar-refractivity contribution is 0.635. The van der Waals surface area contributed by atoms with Gasteiger partial charge in [-0.05, 0) is 25.0 Å². The second-order valence-corrected chi connectivity index (χ2v) is 4.45. The van der Waals surface area contributed by atoms with Crippen LogP contribution in [0.25, 0.3) is 10.9 Å². The molecule has 0 atom stereocenters. The zero-order chi connectivity index (χ0) is 11.3. The number of halogens is 2. The fraction of sp³-hybridized carbons (Fsp3) is 0.273. The van der Waals surface area contributed by atoms with Gasteiger partial charge in [-0.3, -0.25) is 4.79 Å². The van der Waals surface area contributed by atoms with Crippen molar-refractivity contribution >= 4 is 22.5 Å². The minimum atomic E-state index is -0.546. The van der Waals surface area contributed by atoms with Gasteiger partial charge in [-0.2, -0.15) is 0 Å². The van der Waals surface area contributed by atoms with Crippen LogP contribution in [0.4, 0.5) is 4.39 Å². The third-order valence-electron chi connectivity index (χ3n) is 2.71. The zero-order valence-corrected chi connectivity index (χ0v) is 9.01. The van der Waals surface area contributed by atoms with Crippen LogP contribution in [0.1, 0.15) is 24.6 Å². The van der Waals surface area contributed by atoms with Crippen molar-refractivity contribution < 1.29 is 4.39 Å². The molecule has 3 rings (SSSR count). The van der Waals surface area contributed by atoms with Crippen molar-refractivity contribution in [2.24, 2.45) is 0 Å². The molecule has 1 fully saturated rings. The van der Waals surface area contributed by atoms with Crippen LogP contribution in [-0.4, -0.2) is 9.97 Å². The molecule has 16 heavy (non-hydrogen) atoms. The SMILES string of the molecule is O=c1[nH]c(C2CC2)nc2c(F)cc(Cl)cc12. The number of nitrogens with one attached hydrogen (secondary N) is 1. The normalized spacial score (nSPS) is 15.6. The lowest BCUT2D eigenvalue weighted by atomic mass is 10.2. The van der Waals surface area contributed by atoms with E-state index in [1.165, 1.54) is 12.1 Å². The Balaban J connectivity index is 2.37. The molecule has 1 aliphatic carbocycles. The fourth-order valence-corrected chi connectivity index (χ4v) is 1.94. The van der Waals surface area contributed by atoms with Crippen molar-refractivity contribution in [1.82, 2.24) is 9.97 Å². The summed E-state index contributed by atoms with van der Waals surface area (Å²) >= 11 is 5.69. The maximum absolute atomic E-state index is 13.6. The first-order chi connectivity index (χ1) is 7.65. The van der Waals surface area contributed by atoms with E-state index in [1.54, 1.807) is 0 Å². The van der Waals surface area contributed by atoms with Crippen molar-refractivity contribution in [3.63, 3.8) is 0 Å². The summed E-state index contributed by atoms with van der Waals surface area (Å²) in [5, 5.41) is 0.408. The summed E-state index contributed by atoms with van der Waals surface area (Å²) in [5.41, 5.74) is -0.219. The van der Waals surface area contributed by atoms with Gasteiger partial charge in [0, 0.05) is 10.9 Å². The molecule has 0 aliphatic heterocycles. The van der Waals surface area contributed by atoms with Gasteiger partial charge < -0.3 is 4.98 Å². The molecule has 1 aromatic carbocycles. The van der Waals surface area contributed by atoms with E-state index in [0.717, 1.165) is 12.8 Å². The molecule has 3 nitrogen and oxygen atoms in total. The van der Waals surface area contributed by atoms with Gasteiger partial charge in [-0.1, -0.05) is 11.6 Å². The largest absolute Gasteiger partial charge is 0.310 e. The second-order valence-electron chi connectivity index (χ2n) is 4.01. The molecule has 1 aromatic heterocycles. The first-order valence-corrected chi connectivity index (χ1v) is 5.42. The standard InChI is InChI=1S/C11H8ClFN2O/c12-6-3-7-9(8(13)4-6)14-10(5-1-2-5)15-11(7)16/h3-5H,1-2H2,(H,14,15,16). The summed E-state index contributed by atoms with van der Waals surface area (Å²) in [7, 11) is 0.